The first kappa shape index (κ1) is 15.6. The van der Waals surface area contributed by atoms with Gasteiger partial charge in [0.05, 0.1) is 7.11 Å². The molecule has 0 aliphatic rings. The van der Waals surface area contributed by atoms with Gasteiger partial charge in [-0.2, -0.15) is 0 Å². The summed E-state index contributed by atoms with van der Waals surface area (Å²) in [5.74, 6) is 0.733. The Labute approximate surface area is 127 Å². The molecule has 1 N–H and O–H groups in total. The predicted octanol–water partition coefficient (Wildman–Crippen LogP) is 4.13. The van der Waals surface area contributed by atoms with Crippen molar-refractivity contribution in [2.75, 3.05) is 7.11 Å². The fourth-order valence-corrected chi connectivity index (χ4v) is 2.92. The zero-order valence-electron chi connectivity index (χ0n) is 13.5. The lowest BCUT2D eigenvalue weighted by Gasteiger charge is -2.28. The Kier molecular flexibility index (Phi) is 4.38. The minimum Gasteiger partial charge on any atom is -0.496 e. The van der Waals surface area contributed by atoms with E-state index < -0.39 is 5.60 Å². The predicted molar refractivity (Wildman–Crippen MR) is 87.0 cm³/mol. The summed E-state index contributed by atoms with van der Waals surface area (Å²) in [5, 5.41) is 11.1. The molecule has 0 radical (unpaired) electrons. The largest absolute Gasteiger partial charge is 0.496 e. The molecule has 112 valence electrons. The Balaban J connectivity index is 2.57. The van der Waals surface area contributed by atoms with Crippen LogP contribution in [0.15, 0.2) is 36.4 Å². The van der Waals surface area contributed by atoms with Crippen molar-refractivity contribution in [3.05, 3.63) is 64.2 Å². The smallest absolute Gasteiger partial charge is 0.125 e. The van der Waals surface area contributed by atoms with Gasteiger partial charge in [-0.15, -0.1) is 0 Å². The molecular weight excluding hydrogens is 260 g/mol. The summed E-state index contributed by atoms with van der Waals surface area (Å²) in [5.41, 5.74) is 4.07. The van der Waals surface area contributed by atoms with Crippen molar-refractivity contribution in [2.24, 2.45) is 0 Å². The molecule has 2 aromatic rings. The number of ether oxygens (including phenoxy) is 1. The summed E-state index contributed by atoms with van der Waals surface area (Å²) in [6.07, 6.45) is 0.995. The van der Waals surface area contributed by atoms with Crippen molar-refractivity contribution in [3.8, 4) is 5.75 Å². The first-order valence-corrected chi connectivity index (χ1v) is 7.37. The van der Waals surface area contributed by atoms with E-state index in [1.165, 1.54) is 5.56 Å². The first-order chi connectivity index (χ1) is 9.90. The Morgan fingerprint density at radius 2 is 1.71 bits per heavy atom. The molecule has 0 amide bonds. The van der Waals surface area contributed by atoms with Gasteiger partial charge in [0.1, 0.15) is 11.4 Å². The van der Waals surface area contributed by atoms with Crippen LogP contribution in [0.2, 0.25) is 0 Å². The van der Waals surface area contributed by atoms with E-state index in [0.717, 1.165) is 34.4 Å². The van der Waals surface area contributed by atoms with Crippen LogP contribution in [0.4, 0.5) is 0 Å². The number of hydrogen-bond acceptors (Lipinski definition) is 2. The number of methoxy groups -OCH3 is 1. The molecule has 0 aliphatic carbocycles. The van der Waals surface area contributed by atoms with E-state index in [4.69, 9.17) is 4.74 Å². The van der Waals surface area contributed by atoms with Crippen LogP contribution < -0.4 is 4.74 Å². The van der Waals surface area contributed by atoms with Crippen LogP contribution >= 0.6 is 0 Å². The molecule has 2 nitrogen and oxygen atoms in total. The van der Waals surface area contributed by atoms with E-state index in [1.807, 2.05) is 39.0 Å². The van der Waals surface area contributed by atoms with Crippen molar-refractivity contribution in [2.45, 2.75) is 39.7 Å². The molecule has 0 saturated carbocycles. The Morgan fingerprint density at radius 1 is 1.10 bits per heavy atom. The van der Waals surface area contributed by atoms with Crippen LogP contribution in [-0.2, 0) is 12.0 Å². The summed E-state index contributed by atoms with van der Waals surface area (Å²) in [6, 6.07) is 12.2. The van der Waals surface area contributed by atoms with Crippen molar-refractivity contribution in [1.29, 1.82) is 0 Å². The van der Waals surface area contributed by atoms with Crippen LogP contribution in [0.25, 0.3) is 0 Å². The second-order valence-electron chi connectivity index (χ2n) is 5.78. The van der Waals surface area contributed by atoms with Gasteiger partial charge in [0.2, 0.25) is 0 Å². The van der Waals surface area contributed by atoms with Crippen LogP contribution in [0.3, 0.4) is 0 Å². The zero-order valence-corrected chi connectivity index (χ0v) is 13.5. The second-order valence-corrected chi connectivity index (χ2v) is 5.78. The SMILES string of the molecule is CCc1ccc(C(C)(O)c2c(C)cc(C)cc2OC)cc1. The minimum atomic E-state index is -1.07. The third-order valence-electron chi connectivity index (χ3n) is 4.07. The highest BCUT2D eigenvalue weighted by atomic mass is 16.5. The number of hydrogen-bond donors (Lipinski definition) is 1. The number of aryl methyl sites for hydroxylation is 3. The standard InChI is InChI=1S/C19H24O2/c1-6-15-7-9-16(10-8-15)19(4,20)18-14(3)11-13(2)12-17(18)21-5/h7-12,20H,6H2,1-5H3. The van der Waals surface area contributed by atoms with E-state index in [2.05, 4.69) is 25.1 Å². The monoisotopic (exact) mass is 284 g/mol. The minimum absolute atomic E-state index is 0.733. The van der Waals surface area contributed by atoms with E-state index >= 15 is 0 Å². The first-order valence-electron chi connectivity index (χ1n) is 7.37. The highest BCUT2D eigenvalue weighted by Gasteiger charge is 2.30. The van der Waals surface area contributed by atoms with E-state index in [1.54, 1.807) is 7.11 Å². The quantitative estimate of drug-likeness (QED) is 0.914. The Hall–Kier alpha value is -1.80. The fraction of sp³-hybridized carbons (Fsp3) is 0.368. The molecular formula is C19H24O2. The fourth-order valence-electron chi connectivity index (χ4n) is 2.92. The summed E-state index contributed by atoms with van der Waals surface area (Å²) in [7, 11) is 1.65. The van der Waals surface area contributed by atoms with Gasteiger partial charge in [-0.05, 0) is 55.5 Å². The molecule has 0 saturated heterocycles. The maximum atomic E-state index is 11.1. The highest BCUT2D eigenvalue weighted by molar-refractivity contribution is 5.50. The molecule has 0 spiro atoms. The summed E-state index contributed by atoms with van der Waals surface area (Å²) < 4.78 is 5.50. The molecule has 0 aromatic heterocycles. The maximum Gasteiger partial charge on any atom is 0.125 e. The molecule has 2 heteroatoms. The van der Waals surface area contributed by atoms with Gasteiger partial charge >= 0.3 is 0 Å². The summed E-state index contributed by atoms with van der Waals surface area (Å²) >= 11 is 0. The van der Waals surface area contributed by atoms with E-state index in [0.29, 0.717) is 0 Å². The van der Waals surface area contributed by atoms with Gasteiger partial charge in [-0.1, -0.05) is 37.3 Å². The number of aliphatic hydroxyl groups is 1. The number of benzene rings is 2. The summed E-state index contributed by atoms with van der Waals surface area (Å²) in [6.45, 7) is 8.00. The number of rotatable bonds is 4. The topological polar surface area (TPSA) is 29.5 Å². The van der Waals surface area contributed by atoms with Crippen molar-refractivity contribution in [1.82, 2.24) is 0 Å². The molecule has 21 heavy (non-hydrogen) atoms. The maximum absolute atomic E-state index is 11.1. The Bertz CT molecular complexity index is 625. The van der Waals surface area contributed by atoms with Crippen LogP contribution in [0, 0.1) is 13.8 Å². The summed E-state index contributed by atoms with van der Waals surface area (Å²) in [4.78, 5) is 0. The lowest BCUT2D eigenvalue weighted by molar-refractivity contribution is 0.0982. The van der Waals surface area contributed by atoms with E-state index in [-0.39, 0.29) is 0 Å². The highest BCUT2D eigenvalue weighted by Crippen LogP contribution is 2.38. The van der Waals surface area contributed by atoms with Gasteiger partial charge in [-0.25, -0.2) is 0 Å². The third kappa shape index (κ3) is 2.96. The van der Waals surface area contributed by atoms with Gasteiger partial charge in [0.15, 0.2) is 0 Å². The van der Waals surface area contributed by atoms with Gasteiger partial charge < -0.3 is 9.84 Å². The van der Waals surface area contributed by atoms with Crippen molar-refractivity contribution in [3.63, 3.8) is 0 Å². The van der Waals surface area contributed by atoms with Gasteiger partial charge in [-0.3, -0.25) is 0 Å². The molecule has 0 aliphatic heterocycles. The van der Waals surface area contributed by atoms with Crippen molar-refractivity contribution < 1.29 is 9.84 Å². The van der Waals surface area contributed by atoms with Gasteiger partial charge in [0, 0.05) is 5.56 Å². The molecule has 1 unspecified atom stereocenters. The molecule has 0 heterocycles. The molecule has 0 fully saturated rings. The average Bonchev–Trinajstić information content (AvgIpc) is 2.46. The molecule has 2 rings (SSSR count). The van der Waals surface area contributed by atoms with Crippen LogP contribution in [-0.4, -0.2) is 12.2 Å². The van der Waals surface area contributed by atoms with Crippen molar-refractivity contribution >= 4 is 0 Å². The van der Waals surface area contributed by atoms with Gasteiger partial charge in [0.25, 0.3) is 0 Å². The third-order valence-corrected chi connectivity index (χ3v) is 4.07. The molecule has 1 atom stereocenters. The molecule has 0 bridgehead atoms. The lowest BCUT2D eigenvalue weighted by atomic mass is 9.84. The van der Waals surface area contributed by atoms with Crippen LogP contribution in [0.1, 0.15) is 41.7 Å². The lowest BCUT2D eigenvalue weighted by Crippen LogP contribution is -2.25. The zero-order chi connectivity index (χ0) is 15.6. The Morgan fingerprint density at radius 3 is 2.24 bits per heavy atom. The average molecular weight is 284 g/mol. The molecule has 2 aromatic carbocycles. The van der Waals surface area contributed by atoms with Crippen LogP contribution in [0.5, 0.6) is 5.75 Å². The second kappa shape index (κ2) is 5.90. The normalized spacial score (nSPS) is 13.8. The van der Waals surface area contributed by atoms with E-state index in [9.17, 15) is 5.11 Å².